The smallest absolute Gasteiger partial charge is 0.306 e. The molecule has 8 aromatic carbocycles. The average Bonchev–Trinajstić information content (AvgIpc) is 4.45. The molecule has 3 atom stereocenters. The molecule has 13 rings (SSSR count). The highest BCUT2D eigenvalue weighted by Gasteiger charge is 2.32. The summed E-state index contributed by atoms with van der Waals surface area (Å²) < 4.78 is 6.07. The number of rotatable bonds is 16. The molecule has 2 aromatic heterocycles. The van der Waals surface area contributed by atoms with Crippen molar-refractivity contribution in [2.24, 2.45) is 11.7 Å². The van der Waals surface area contributed by atoms with Crippen LogP contribution in [0, 0.1) is 5.92 Å². The van der Waals surface area contributed by atoms with Gasteiger partial charge in [-0.25, -0.2) is 9.97 Å². The number of H-pyrrole nitrogens is 2. The Labute approximate surface area is 462 Å². The molecule has 5 N–H and O–H groups in total. The third-order valence-electron chi connectivity index (χ3n) is 15.5. The van der Waals surface area contributed by atoms with Crippen molar-refractivity contribution in [2.45, 2.75) is 64.0 Å². The van der Waals surface area contributed by atoms with E-state index in [1.807, 2.05) is 97.3 Å². The number of nitrogens with zero attached hydrogens (tertiary/aromatic N) is 2. The summed E-state index contributed by atoms with van der Waals surface area (Å²) >= 11 is 0. The molecule has 0 unspecified atom stereocenters. The molecule has 1 amide bonds. The van der Waals surface area contributed by atoms with E-state index in [1.165, 1.54) is 44.5 Å². The second-order valence-electron chi connectivity index (χ2n) is 20.6. The van der Waals surface area contributed by atoms with Gasteiger partial charge in [-0.2, -0.15) is 0 Å². The molecule has 0 saturated heterocycles. The number of nitrogens with one attached hydrogen (secondary N) is 3. The zero-order chi connectivity index (χ0) is 52.8. The van der Waals surface area contributed by atoms with Gasteiger partial charge in [-0.05, 0) is 109 Å². The summed E-state index contributed by atoms with van der Waals surface area (Å²) in [6, 6.07) is 67.7. The summed E-state index contributed by atoms with van der Waals surface area (Å²) in [4.78, 5) is 44.6. The van der Waals surface area contributed by atoms with Crippen molar-refractivity contribution in [3.05, 3.63) is 275 Å². The third kappa shape index (κ3) is 11.4. The second kappa shape index (κ2) is 23.6. The van der Waals surface area contributed by atoms with Crippen molar-refractivity contribution in [2.75, 3.05) is 6.61 Å². The fourth-order valence-electron chi connectivity index (χ4n) is 11.5. The minimum Gasteiger partial charge on any atom is -0.465 e. The number of imidazole rings is 2. The molecule has 0 spiro atoms. The molecule has 9 heteroatoms. The monoisotopic (exact) mass is 1040 g/mol. The van der Waals surface area contributed by atoms with E-state index >= 15 is 0 Å². The predicted octanol–water partition coefficient (Wildman–Crippen LogP) is 14.8. The predicted molar refractivity (Wildman–Crippen MR) is 319 cm³/mol. The maximum absolute atomic E-state index is 14.6. The number of nitrogens with two attached hydrogens (primary N) is 1. The minimum atomic E-state index is -0.673. The Balaban J connectivity index is 0.000000229. The van der Waals surface area contributed by atoms with Gasteiger partial charge < -0.3 is 25.8 Å². The van der Waals surface area contributed by atoms with Gasteiger partial charge in [0, 0.05) is 12.3 Å². The minimum absolute atomic E-state index is 0. The quantitative estimate of drug-likeness (QED) is 0.0711. The number of hydrogen-bond donors (Lipinski definition) is 4. The van der Waals surface area contributed by atoms with Gasteiger partial charge in [0.1, 0.15) is 18.3 Å². The molecular weight excluding hydrogens is 973 g/mol. The zero-order valence-electron chi connectivity index (χ0n) is 43.3. The molecule has 9 nitrogen and oxygen atoms in total. The molecule has 0 fully saturated rings. The Morgan fingerprint density at radius 3 is 1.68 bits per heavy atom. The highest BCUT2D eigenvalue weighted by molar-refractivity contribution is 5.87. The number of allylic oxidation sites excluding steroid dienone is 2. The summed E-state index contributed by atoms with van der Waals surface area (Å²) in [7, 11) is 0. The van der Waals surface area contributed by atoms with Crippen molar-refractivity contribution in [1.82, 2.24) is 25.3 Å². The SMILES string of the molecule is C.N[C@H](CC1=CCc2ccccc21)c1ncc(-c2ccccc2)[nH]1.O=C(C[C@H](Cc1ccc2ccccc2c1)C(=O)N[C@H](CC1=CCc2ccccc21)c1ncc(-c2ccccc2)[nH]1)OCC1c2ccccc2-c2ccccc21. The number of benzene rings is 8. The Hall–Kier alpha value is -9.18. The topological polar surface area (TPSA) is 139 Å². The molecule has 0 radical (unpaired) electrons. The third-order valence-corrected chi connectivity index (χ3v) is 15.5. The van der Waals surface area contributed by atoms with Crippen LogP contribution in [0.1, 0.15) is 95.3 Å². The lowest BCUT2D eigenvalue weighted by Gasteiger charge is -2.23. The van der Waals surface area contributed by atoms with Crippen LogP contribution in [0.4, 0.5) is 0 Å². The van der Waals surface area contributed by atoms with Gasteiger partial charge in [0.15, 0.2) is 0 Å². The average molecular weight is 1040 g/mol. The van der Waals surface area contributed by atoms with Crippen molar-refractivity contribution in [3.63, 3.8) is 0 Å². The number of ether oxygens (including phenoxy) is 1. The fraction of sp³-hybridized carbons (Fsp3) is 0.171. The van der Waals surface area contributed by atoms with Crippen LogP contribution in [-0.2, 0) is 33.6 Å². The summed E-state index contributed by atoms with van der Waals surface area (Å²) in [5.74, 6) is 0.172. The van der Waals surface area contributed by atoms with Crippen LogP contribution in [0.3, 0.4) is 0 Å². The normalized spacial score (nSPS) is 14.0. The summed E-state index contributed by atoms with van der Waals surface area (Å²) in [6.07, 6.45) is 11.8. The van der Waals surface area contributed by atoms with Gasteiger partial charge in [0.05, 0.1) is 48.2 Å². The van der Waals surface area contributed by atoms with E-state index in [2.05, 4.69) is 148 Å². The van der Waals surface area contributed by atoms with Gasteiger partial charge in [0.25, 0.3) is 0 Å². The van der Waals surface area contributed by atoms with E-state index in [0.29, 0.717) is 18.7 Å². The highest BCUT2D eigenvalue weighted by atomic mass is 16.5. The number of aromatic amines is 2. The standard InChI is InChI=1S/C49H41N3O3.C20H19N3.CH4/c53-47(55-31-44-42-20-10-8-18-40(42)41-19-9-11-21-43(41)44)29-38(27-32-22-23-33-12-4-5-16-36(33)26-32)49(54)52-45(28-37-25-24-34-13-6-7-17-39(34)37)48-50-30-46(51-48)35-14-2-1-3-15-35;21-18(12-16-11-10-14-6-4-5-9-17(14)16)20-22-13-19(23-20)15-7-2-1-3-8-15;/h1-23,25-26,30,38,44-45H,24,27-29,31H2,(H,50,51)(H,52,54);1-9,11,13,18H,10,12,21H2,(H,22,23);1H4/t38-,45+;18-;/m01./s1. The lowest BCUT2D eigenvalue weighted by Crippen LogP contribution is -2.37. The highest BCUT2D eigenvalue weighted by Crippen LogP contribution is 2.45. The van der Waals surface area contributed by atoms with Crippen LogP contribution in [0.15, 0.2) is 225 Å². The van der Waals surface area contributed by atoms with E-state index < -0.39 is 17.9 Å². The second-order valence-corrected chi connectivity index (χ2v) is 20.6. The van der Waals surface area contributed by atoms with Crippen molar-refractivity contribution >= 4 is 33.8 Å². The van der Waals surface area contributed by atoms with Crippen LogP contribution in [-0.4, -0.2) is 38.4 Å². The number of fused-ring (bicyclic) bond motifs is 6. The Kier molecular flexibility index (Phi) is 15.5. The number of amides is 1. The van der Waals surface area contributed by atoms with Crippen LogP contribution in [0.25, 0.3) is 55.6 Å². The van der Waals surface area contributed by atoms with Crippen LogP contribution in [0.5, 0.6) is 0 Å². The molecule has 2 heterocycles. The molecule has 10 aromatic rings. The Morgan fingerprint density at radius 1 is 0.557 bits per heavy atom. The molecule has 0 aliphatic heterocycles. The first-order chi connectivity index (χ1) is 38.4. The molecule has 0 bridgehead atoms. The van der Waals surface area contributed by atoms with Crippen LogP contribution >= 0.6 is 0 Å². The number of aromatic nitrogens is 4. The van der Waals surface area contributed by atoms with Gasteiger partial charge in [-0.15, -0.1) is 0 Å². The number of carbonyl (C=O) groups excluding carboxylic acids is 2. The molecule has 0 saturated carbocycles. The maximum Gasteiger partial charge on any atom is 0.306 e. The van der Waals surface area contributed by atoms with E-state index in [9.17, 15) is 9.59 Å². The van der Waals surface area contributed by atoms with Gasteiger partial charge in [-0.1, -0.05) is 220 Å². The zero-order valence-corrected chi connectivity index (χ0v) is 43.3. The summed E-state index contributed by atoms with van der Waals surface area (Å²) in [5.41, 5.74) is 23.7. The lowest BCUT2D eigenvalue weighted by molar-refractivity contribution is -0.147. The van der Waals surface area contributed by atoms with E-state index in [0.717, 1.165) is 75.1 Å². The van der Waals surface area contributed by atoms with E-state index in [-0.39, 0.29) is 38.3 Å². The maximum atomic E-state index is 14.6. The number of carbonyl (C=O) groups is 2. The van der Waals surface area contributed by atoms with Gasteiger partial charge >= 0.3 is 5.97 Å². The Morgan fingerprint density at radius 2 is 1.06 bits per heavy atom. The first kappa shape index (κ1) is 51.9. The molecule has 79 heavy (non-hydrogen) atoms. The molecule has 3 aliphatic carbocycles. The van der Waals surface area contributed by atoms with Crippen molar-refractivity contribution < 1.29 is 14.3 Å². The van der Waals surface area contributed by atoms with Crippen LogP contribution in [0.2, 0.25) is 0 Å². The van der Waals surface area contributed by atoms with Crippen molar-refractivity contribution in [3.8, 4) is 33.6 Å². The lowest BCUT2D eigenvalue weighted by atomic mass is 9.92. The van der Waals surface area contributed by atoms with Gasteiger partial charge in [0.2, 0.25) is 5.91 Å². The fourth-order valence-corrected chi connectivity index (χ4v) is 11.5. The molecule has 392 valence electrons. The Bertz CT molecular complexity index is 3790. The first-order valence-electron chi connectivity index (χ1n) is 27.0. The van der Waals surface area contributed by atoms with E-state index in [1.54, 1.807) is 0 Å². The summed E-state index contributed by atoms with van der Waals surface area (Å²) in [5, 5.41) is 5.58. The largest absolute Gasteiger partial charge is 0.465 e. The van der Waals surface area contributed by atoms with Gasteiger partial charge in [-0.3, -0.25) is 9.59 Å². The first-order valence-corrected chi connectivity index (χ1v) is 27.0. The summed E-state index contributed by atoms with van der Waals surface area (Å²) in [6.45, 7) is 0.210. The van der Waals surface area contributed by atoms with Crippen LogP contribution < -0.4 is 11.1 Å². The number of esters is 1. The van der Waals surface area contributed by atoms with E-state index in [4.69, 9.17) is 15.5 Å². The molecule has 3 aliphatic rings. The molecular formula is C70H64N6O3. The number of hydrogen-bond acceptors (Lipinski definition) is 6. The van der Waals surface area contributed by atoms with Crippen molar-refractivity contribution in [1.29, 1.82) is 0 Å².